The number of hydrogen-bond acceptors (Lipinski definition) is 1. The summed E-state index contributed by atoms with van der Waals surface area (Å²) in [6.07, 6.45) is 7.53. The van der Waals surface area contributed by atoms with Gasteiger partial charge in [-0.3, -0.25) is 0 Å². The van der Waals surface area contributed by atoms with Gasteiger partial charge in [0, 0.05) is 5.92 Å². The topological polar surface area (TPSA) is 20.2 Å². The van der Waals surface area contributed by atoms with Crippen LogP contribution in [0.1, 0.15) is 56.9 Å². The monoisotopic (exact) mass is 232 g/mol. The highest BCUT2D eigenvalue weighted by Gasteiger charge is 2.26. The Bertz CT molecular complexity index is 312. The Morgan fingerprint density at radius 1 is 1.00 bits per heavy atom. The zero-order chi connectivity index (χ0) is 12.1. The lowest BCUT2D eigenvalue weighted by Gasteiger charge is -2.27. The molecule has 0 aliphatic heterocycles. The summed E-state index contributed by atoms with van der Waals surface area (Å²) in [4.78, 5) is 0. The van der Waals surface area contributed by atoms with Crippen LogP contribution in [-0.4, -0.2) is 11.2 Å². The smallest absolute Gasteiger partial charge is 0.0634 e. The van der Waals surface area contributed by atoms with Gasteiger partial charge in [0.15, 0.2) is 0 Å². The van der Waals surface area contributed by atoms with Crippen LogP contribution in [0.2, 0.25) is 0 Å². The summed E-state index contributed by atoms with van der Waals surface area (Å²) in [5, 5.41) is 10.5. The molecule has 2 atom stereocenters. The van der Waals surface area contributed by atoms with E-state index in [9.17, 15) is 5.11 Å². The molecule has 1 N–H and O–H groups in total. The Morgan fingerprint density at radius 2 is 1.59 bits per heavy atom. The van der Waals surface area contributed by atoms with Gasteiger partial charge in [0.1, 0.15) is 0 Å². The largest absolute Gasteiger partial charge is 0.392 e. The molecule has 0 amide bonds. The Kier molecular flexibility index (Phi) is 4.61. The molecule has 1 aliphatic rings. The minimum absolute atomic E-state index is 0.171. The Balaban J connectivity index is 2.00. The predicted octanol–water partition coefficient (Wildman–Crippen LogP) is 4.12. The van der Waals surface area contributed by atoms with Crippen molar-refractivity contribution in [3.63, 3.8) is 0 Å². The molecule has 0 aromatic heterocycles. The van der Waals surface area contributed by atoms with Crippen LogP contribution in [0, 0.1) is 5.92 Å². The summed E-state index contributed by atoms with van der Waals surface area (Å²) in [7, 11) is 0. The number of aliphatic hydroxyl groups excluding tert-OH is 1. The van der Waals surface area contributed by atoms with Crippen LogP contribution in [0.3, 0.4) is 0 Å². The van der Waals surface area contributed by atoms with Gasteiger partial charge < -0.3 is 5.11 Å². The van der Waals surface area contributed by atoms with Gasteiger partial charge in [0.05, 0.1) is 6.10 Å². The molecule has 1 nitrogen and oxygen atoms in total. The summed E-state index contributed by atoms with van der Waals surface area (Å²) >= 11 is 0. The second-order valence-corrected chi connectivity index (χ2v) is 5.44. The predicted molar refractivity (Wildman–Crippen MR) is 72.1 cm³/mol. The van der Waals surface area contributed by atoms with Gasteiger partial charge in [-0.1, -0.05) is 62.9 Å². The van der Waals surface area contributed by atoms with E-state index in [4.69, 9.17) is 0 Å². The average Bonchev–Trinajstić information content (AvgIpc) is 2.67. The van der Waals surface area contributed by atoms with Gasteiger partial charge in [0.2, 0.25) is 0 Å². The van der Waals surface area contributed by atoms with Crippen LogP contribution in [0.4, 0.5) is 0 Å². The van der Waals surface area contributed by atoms with Gasteiger partial charge in [-0.2, -0.15) is 0 Å². The number of aliphatic hydroxyl groups is 1. The normalized spacial score (nSPS) is 21.8. The lowest BCUT2D eigenvalue weighted by Crippen LogP contribution is -2.26. The molecule has 94 valence electrons. The first-order chi connectivity index (χ1) is 8.29. The maximum Gasteiger partial charge on any atom is 0.0634 e. The van der Waals surface area contributed by atoms with E-state index in [2.05, 4.69) is 31.2 Å². The molecule has 2 unspecified atom stereocenters. The second-order valence-electron chi connectivity index (χ2n) is 5.44. The standard InChI is InChI=1S/C16H24O/c1-13(14-9-7-4-8-10-14)16(17)15-11-5-2-3-6-12-15/h4,7-10,13,15-17H,2-3,5-6,11-12H2,1H3. The molecule has 1 aliphatic carbocycles. The summed E-state index contributed by atoms with van der Waals surface area (Å²) in [6.45, 7) is 2.16. The Morgan fingerprint density at radius 3 is 2.18 bits per heavy atom. The highest BCUT2D eigenvalue weighted by molar-refractivity contribution is 5.20. The molecule has 1 aromatic carbocycles. The SMILES string of the molecule is CC(c1ccccc1)C(O)C1CCCCCC1. The van der Waals surface area contributed by atoms with Crippen LogP contribution in [-0.2, 0) is 0 Å². The summed E-state index contributed by atoms with van der Waals surface area (Å²) in [6, 6.07) is 10.4. The first-order valence-corrected chi connectivity index (χ1v) is 7.02. The third-order valence-corrected chi connectivity index (χ3v) is 4.22. The minimum atomic E-state index is -0.171. The molecule has 0 radical (unpaired) electrons. The van der Waals surface area contributed by atoms with Crippen LogP contribution in [0.15, 0.2) is 30.3 Å². The van der Waals surface area contributed by atoms with Crippen molar-refractivity contribution in [1.29, 1.82) is 0 Å². The van der Waals surface area contributed by atoms with Gasteiger partial charge in [0.25, 0.3) is 0 Å². The summed E-state index contributed by atoms with van der Waals surface area (Å²) in [5.74, 6) is 0.770. The highest BCUT2D eigenvalue weighted by atomic mass is 16.3. The lowest BCUT2D eigenvalue weighted by atomic mass is 9.83. The molecule has 0 heterocycles. The van der Waals surface area contributed by atoms with Crippen molar-refractivity contribution in [2.75, 3.05) is 0 Å². The van der Waals surface area contributed by atoms with Crippen LogP contribution < -0.4 is 0 Å². The van der Waals surface area contributed by atoms with E-state index in [1.54, 1.807) is 0 Å². The van der Waals surface area contributed by atoms with Gasteiger partial charge >= 0.3 is 0 Å². The van der Waals surface area contributed by atoms with Crippen molar-refractivity contribution < 1.29 is 5.11 Å². The number of benzene rings is 1. The fourth-order valence-corrected chi connectivity index (χ4v) is 3.01. The van der Waals surface area contributed by atoms with Crippen molar-refractivity contribution in [3.05, 3.63) is 35.9 Å². The fourth-order valence-electron chi connectivity index (χ4n) is 3.01. The van der Waals surface area contributed by atoms with E-state index in [0.29, 0.717) is 5.92 Å². The fraction of sp³-hybridized carbons (Fsp3) is 0.625. The third-order valence-electron chi connectivity index (χ3n) is 4.22. The Labute approximate surface area is 105 Å². The van der Waals surface area contributed by atoms with E-state index < -0.39 is 0 Å². The number of hydrogen-bond donors (Lipinski definition) is 1. The zero-order valence-electron chi connectivity index (χ0n) is 10.8. The molecule has 0 saturated heterocycles. The molecule has 1 fully saturated rings. The molecule has 1 aromatic rings. The van der Waals surface area contributed by atoms with Crippen molar-refractivity contribution in [1.82, 2.24) is 0 Å². The quantitative estimate of drug-likeness (QED) is 0.777. The van der Waals surface area contributed by atoms with E-state index in [-0.39, 0.29) is 12.0 Å². The maximum absolute atomic E-state index is 10.5. The molecule has 1 heteroatoms. The first kappa shape index (κ1) is 12.6. The van der Waals surface area contributed by atoms with Crippen molar-refractivity contribution in [2.24, 2.45) is 5.92 Å². The molecule has 1 saturated carbocycles. The average molecular weight is 232 g/mol. The molecular weight excluding hydrogens is 208 g/mol. The number of rotatable bonds is 3. The van der Waals surface area contributed by atoms with E-state index in [0.717, 1.165) is 0 Å². The van der Waals surface area contributed by atoms with Gasteiger partial charge in [-0.25, -0.2) is 0 Å². The van der Waals surface area contributed by atoms with Crippen LogP contribution in [0.25, 0.3) is 0 Å². The Hall–Kier alpha value is -0.820. The zero-order valence-corrected chi connectivity index (χ0v) is 10.8. The molecule has 0 spiro atoms. The van der Waals surface area contributed by atoms with Gasteiger partial charge in [-0.05, 0) is 24.3 Å². The highest BCUT2D eigenvalue weighted by Crippen LogP contribution is 2.32. The molecular formula is C16H24O. The van der Waals surface area contributed by atoms with E-state index in [1.165, 1.54) is 44.1 Å². The summed E-state index contributed by atoms with van der Waals surface area (Å²) in [5.41, 5.74) is 1.27. The lowest BCUT2D eigenvalue weighted by molar-refractivity contribution is 0.0772. The minimum Gasteiger partial charge on any atom is -0.392 e. The maximum atomic E-state index is 10.5. The van der Waals surface area contributed by atoms with Gasteiger partial charge in [-0.15, -0.1) is 0 Å². The van der Waals surface area contributed by atoms with Crippen molar-refractivity contribution >= 4 is 0 Å². The van der Waals surface area contributed by atoms with E-state index in [1.807, 2.05) is 6.07 Å². The van der Waals surface area contributed by atoms with E-state index >= 15 is 0 Å². The van der Waals surface area contributed by atoms with Crippen molar-refractivity contribution in [2.45, 2.75) is 57.5 Å². The summed E-state index contributed by atoms with van der Waals surface area (Å²) < 4.78 is 0. The second kappa shape index (κ2) is 6.20. The molecule has 17 heavy (non-hydrogen) atoms. The molecule has 2 rings (SSSR count). The third kappa shape index (κ3) is 3.32. The van der Waals surface area contributed by atoms with Crippen LogP contribution >= 0.6 is 0 Å². The van der Waals surface area contributed by atoms with Crippen LogP contribution in [0.5, 0.6) is 0 Å². The first-order valence-electron chi connectivity index (χ1n) is 7.02. The van der Waals surface area contributed by atoms with Crippen molar-refractivity contribution in [3.8, 4) is 0 Å². The molecule has 0 bridgehead atoms.